The smallest absolute Gasteiger partial charge is 0.272 e. The van der Waals surface area contributed by atoms with Crippen LogP contribution in [-0.2, 0) is 17.6 Å². The Balaban J connectivity index is 1.33. The van der Waals surface area contributed by atoms with Crippen LogP contribution < -0.4 is 5.32 Å². The number of carbonyl (C=O) groups is 1. The highest BCUT2D eigenvalue weighted by Crippen LogP contribution is 2.28. The molecule has 2 aromatic carbocycles. The summed E-state index contributed by atoms with van der Waals surface area (Å²) in [5, 5.41) is 7.69. The normalized spacial score (nSPS) is 13.8. The highest BCUT2D eigenvalue weighted by atomic mass is 16.5. The predicted molar refractivity (Wildman–Crippen MR) is 118 cm³/mol. The number of fused-ring (bicyclic) bond motifs is 1. The van der Waals surface area contributed by atoms with E-state index in [2.05, 4.69) is 60.7 Å². The fraction of sp³-hybridized carbons (Fsp3) is 0.360. The first kappa shape index (κ1) is 20.4. The van der Waals surface area contributed by atoms with Crippen molar-refractivity contribution in [1.29, 1.82) is 0 Å². The summed E-state index contributed by atoms with van der Waals surface area (Å²) >= 11 is 0. The third-order valence-corrected chi connectivity index (χ3v) is 5.67. The van der Waals surface area contributed by atoms with Gasteiger partial charge in [0.2, 0.25) is 0 Å². The largest absolute Gasteiger partial charge is 0.374 e. The summed E-state index contributed by atoms with van der Waals surface area (Å²) < 4.78 is 7.84. The van der Waals surface area contributed by atoms with Gasteiger partial charge >= 0.3 is 0 Å². The van der Waals surface area contributed by atoms with Crippen LogP contribution in [0.2, 0.25) is 0 Å². The first-order valence-electron chi connectivity index (χ1n) is 10.8. The first-order chi connectivity index (χ1) is 14.6. The number of nitrogens with zero attached hydrogens (tertiary/aromatic N) is 2. The van der Waals surface area contributed by atoms with Crippen molar-refractivity contribution in [3.63, 3.8) is 0 Å². The molecule has 5 heteroatoms. The molecule has 3 aromatic rings. The van der Waals surface area contributed by atoms with Gasteiger partial charge in [-0.2, -0.15) is 5.10 Å². The lowest BCUT2D eigenvalue weighted by atomic mass is 10.1. The lowest BCUT2D eigenvalue weighted by Gasteiger charge is -2.13. The van der Waals surface area contributed by atoms with Gasteiger partial charge in [0.25, 0.3) is 5.91 Å². The third-order valence-electron chi connectivity index (χ3n) is 5.67. The Labute approximate surface area is 178 Å². The average Bonchev–Trinajstić information content (AvgIpc) is 3.37. The zero-order valence-corrected chi connectivity index (χ0v) is 17.7. The van der Waals surface area contributed by atoms with Crippen molar-refractivity contribution < 1.29 is 9.53 Å². The number of ether oxygens (including phenoxy) is 1. The SMILES string of the molecule is Cc1ccc(-n2nc(C(=O)NCCCOC(C)c3ccccc3)c3c2CCC3)cc1. The Kier molecular flexibility index (Phi) is 6.29. The van der Waals surface area contributed by atoms with Gasteiger partial charge in [0.1, 0.15) is 0 Å². The zero-order chi connectivity index (χ0) is 20.9. The molecule has 156 valence electrons. The highest BCUT2D eigenvalue weighted by Gasteiger charge is 2.26. The van der Waals surface area contributed by atoms with Crippen LogP contribution in [0.1, 0.15) is 58.7 Å². The Morgan fingerprint density at radius 1 is 1.13 bits per heavy atom. The molecule has 1 N–H and O–H groups in total. The van der Waals surface area contributed by atoms with Crippen molar-refractivity contribution in [3.8, 4) is 5.69 Å². The van der Waals surface area contributed by atoms with E-state index in [-0.39, 0.29) is 12.0 Å². The van der Waals surface area contributed by atoms with Crippen LogP contribution >= 0.6 is 0 Å². The predicted octanol–water partition coefficient (Wildman–Crippen LogP) is 4.57. The highest BCUT2D eigenvalue weighted by molar-refractivity contribution is 5.94. The molecular formula is C25H29N3O2. The van der Waals surface area contributed by atoms with Crippen LogP contribution in [0.4, 0.5) is 0 Å². The van der Waals surface area contributed by atoms with Crippen LogP contribution in [-0.4, -0.2) is 28.8 Å². The van der Waals surface area contributed by atoms with E-state index in [9.17, 15) is 4.79 Å². The second kappa shape index (κ2) is 9.26. The van der Waals surface area contributed by atoms with Crippen molar-refractivity contribution in [3.05, 3.63) is 82.7 Å². The van der Waals surface area contributed by atoms with Crippen molar-refractivity contribution in [2.24, 2.45) is 0 Å². The Morgan fingerprint density at radius 3 is 2.67 bits per heavy atom. The van der Waals surface area contributed by atoms with Gasteiger partial charge in [-0.25, -0.2) is 4.68 Å². The zero-order valence-electron chi connectivity index (χ0n) is 17.7. The molecule has 1 atom stereocenters. The maximum atomic E-state index is 12.8. The van der Waals surface area contributed by atoms with E-state index in [1.54, 1.807) is 0 Å². The fourth-order valence-corrected chi connectivity index (χ4v) is 3.96. The van der Waals surface area contributed by atoms with Gasteiger partial charge in [-0.15, -0.1) is 0 Å². The van der Waals surface area contributed by atoms with Crippen molar-refractivity contribution >= 4 is 5.91 Å². The molecule has 0 saturated carbocycles. The van der Waals surface area contributed by atoms with Crippen molar-refractivity contribution in [2.75, 3.05) is 13.2 Å². The lowest BCUT2D eigenvalue weighted by molar-refractivity contribution is 0.0634. The molecule has 1 aliphatic carbocycles. The van der Waals surface area contributed by atoms with Crippen LogP contribution in [0.15, 0.2) is 54.6 Å². The molecule has 5 nitrogen and oxygen atoms in total. The summed E-state index contributed by atoms with van der Waals surface area (Å²) in [5.41, 5.74) is 6.23. The second-order valence-corrected chi connectivity index (χ2v) is 7.91. The van der Waals surface area contributed by atoms with E-state index >= 15 is 0 Å². The maximum Gasteiger partial charge on any atom is 0.272 e. The van der Waals surface area contributed by atoms with Gasteiger partial charge in [0.15, 0.2) is 5.69 Å². The summed E-state index contributed by atoms with van der Waals surface area (Å²) in [4.78, 5) is 12.8. The molecule has 1 heterocycles. The first-order valence-corrected chi connectivity index (χ1v) is 10.8. The summed E-state index contributed by atoms with van der Waals surface area (Å²) in [6, 6.07) is 18.5. The minimum absolute atomic E-state index is 0.0513. The van der Waals surface area contributed by atoms with E-state index in [0.717, 1.165) is 36.9 Å². The topological polar surface area (TPSA) is 56.2 Å². The van der Waals surface area contributed by atoms with Gasteiger partial charge in [-0.1, -0.05) is 48.0 Å². The number of hydrogen-bond donors (Lipinski definition) is 1. The molecule has 0 bridgehead atoms. The maximum absolute atomic E-state index is 12.8. The monoisotopic (exact) mass is 403 g/mol. The molecule has 30 heavy (non-hydrogen) atoms. The Morgan fingerprint density at radius 2 is 1.90 bits per heavy atom. The quantitative estimate of drug-likeness (QED) is 0.561. The number of benzene rings is 2. The fourth-order valence-electron chi connectivity index (χ4n) is 3.96. The summed E-state index contributed by atoms with van der Waals surface area (Å²) in [7, 11) is 0. The van der Waals surface area contributed by atoms with Crippen molar-refractivity contribution in [1.82, 2.24) is 15.1 Å². The lowest BCUT2D eigenvalue weighted by Crippen LogP contribution is -2.26. The molecular weight excluding hydrogens is 374 g/mol. The van der Waals surface area contributed by atoms with Gasteiger partial charge in [-0.05, 0) is 57.2 Å². The molecule has 1 amide bonds. The van der Waals surface area contributed by atoms with Crippen LogP contribution in [0.5, 0.6) is 0 Å². The Hall–Kier alpha value is -2.92. The minimum atomic E-state index is -0.0879. The molecule has 0 aliphatic heterocycles. The van der Waals surface area contributed by atoms with Gasteiger partial charge < -0.3 is 10.1 Å². The van der Waals surface area contributed by atoms with Gasteiger partial charge in [0.05, 0.1) is 11.8 Å². The minimum Gasteiger partial charge on any atom is -0.374 e. The van der Waals surface area contributed by atoms with E-state index in [4.69, 9.17) is 4.74 Å². The van der Waals surface area contributed by atoms with Crippen LogP contribution in [0.25, 0.3) is 5.69 Å². The third kappa shape index (κ3) is 4.46. The Bertz CT molecular complexity index is 993. The van der Waals surface area contributed by atoms with Crippen molar-refractivity contribution in [2.45, 2.75) is 45.6 Å². The number of rotatable bonds is 8. The molecule has 0 radical (unpaired) electrons. The molecule has 0 spiro atoms. The number of nitrogens with one attached hydrogen (secondary N) is 1. The summed E-state index contributed by atoms with van der Waals surface area (Å²) in [5.74, 6) is -0.0879. The van der Waals surface area contributed by atoms with E-state index < -0.39 is 0 Å². The average molecular weight is 404 g/mol. The van der Waals surface area contributed by atoms with E-state index in [1.807, 2.05) is 22.9 Å². The number of hydrogen-bond acceptors (Lipinski definition) is 3. The number of carbonyl (C=O) groups excluding carboxylic acids is 1. The standard InChI is InChI=1S/C25H29N3O2/c1-18-12-14-21(15-13-18)28-23-11-6-10-22(23)24(27-28)25(29)26-16-7-17-30-19(2)20-8-4-3-5-9-20/h3-5,8-9,12-15,19H,6-7,10-11,16-17H2,1-2H3,(H,26,29). The van der Waals surface area contributed by atoms with Crippen LogP contribution in [0, 0.1) is 6.92 Å². The molecule has 0 saturated heterocycles. The number of aryl methyl sites for hydroxylation is 1. The molecule has 1 unspecified atom stereocenters. The molecule has 1 aromatic heterocycles. The van der Waals surface area contributed by atoms with E-state index in [0.29, 0.717) is 18.8 Å². The molecule has 0 fully saturated rings. The summed E-state index contributed by atoms with van der Waals surface area (Å²) in [6.07, 6.45) is 3.78. The number of amides is 1. The molecule has 4 rings (SSSR count). The molecule has 1 aliphatic rings. The number of aromatic nitrogens is 2. The van der Waals surface area contributed by atoms with Crippen LogP contribution in [0.3, 0.4) is 0 Å². The van der Waals surface area contributed by atoms with Gasteiger partial charge in [0, 0.05) is 24.4 Å². The van der Waals surface area contributed by atoms with E-state index in [1.165, 1.54) is 16.8 Å². The second-order valence-electron chi connectivity index (χ2n) is 7.91. The summed E-state index contributed by atoms with van der Waals surface area (Å²) in [6.45, 7) is 5.30. The van der Waals surface area contributed by atoms with Gasteiger partial charge in [-0.3, -0.25) is 4.79 Å².